The Balaban J connectivity index is 1.79. The number of ether oxygens (including phenoxy) is 2. The van der Waals surface area contributed by atoms with Gasteiger partial charge >= 0.3 is 5.97 Å². The number of carboxylic acid groups (broad SMARTS) is 1. The lowest BCUT2D eigenvalue weighted by Gasteiger charge is -2.17. The van der Waals surface area contributed by atoms with E-state index in [2.05, 4.69) is 21.2 Å². The number of nitrogens with one attached hydrogen (secondary N) is 1. The molecule has 0 aromatic heterocycles. The minimum atomic E-state index is -0.976. The van der Waals surface area contributed by atoms with Gasteiger partial charge in [0.1, 0.15) is 12.4 Å². The zero-order valence-corrected chi connectivity index (χ0v) is 19.9. The van der Waals surface area contributed by atoms with Crippen LogP contribution in [0.4, 0.5) is 10.1 Å². The molecule has 0 saturated heterocycles. The Hall–Kier alpha value is -2.77. The number of aromatic carboxylic acids is 1. The molecule has 2 N–H and O–H groups in total. The van der Waals surface area contributed by atoms with Gasteiger partial charge in [-0.25, -0.2) is 9.18 Å². The smallest absolute Gasteiger partial charge is 0.335 e. The van der Waals surface area contributed by atoms with Crippen molar-refractivity contribution in [1.82, 2.24) is 0 Å². The Kier molecular flexibility index (Phi) is 7.99. The maximum atomic E-state index is 13.3. The zero-order chi connectivity index (χ0) is 23.3. The van der Waals surface area contributed by atoms with Crippen LogP contribution in [0.5, 0.6) is 11.5 Å². The van der Waals surface area contributed by atoms with Crippen molar-refractivity contribution in [2.45, 2.75) is 27.0 Å². The van der Waals surface area contributed by atoms with E-state index in [9.17, 15) is 14.3 Å². The summed E-state index contributed by atoms with van der Waals surface area (Å²) in [6, 6.07) is 12.8. The molecule has 0 spiro atoms. The quantitative estimate of drug-likeness (QED) is 0.322. The van der Waals surface area contributed by atoms with E-state index in [1.54, 1.807) is 30.3 Å². The van der Waals surface area contributed by atoms with Crippen LogP contribution < -0.4 is 14.8 Å². The number of anilines is 1. The van der Waals surface area contributed by atoms with Crippen molar-refractivity contribution in [2.75, 3.05) is 11.9 Å². The standard InChI is InChI=1S/C24H22BrClFNO4/c1-3-31-22-9-17(12-28-21-8-15(24(29)30)5-4-14(21)2)19(25)11-23(22)32-13-16-6-7-18(27)10-20(16)26/h4-11,28H,3,12-13H2,1-2H3,(H,29,30). The second kappa shape index (κ2) is 10.7. The molecule has 0 atom stereocenters. The summed E-state index contributed by atoms with van der Waals surface area (Å²) in [5, 5.41) is 12.8. The van der Waals surface area contributed by atoms with Crippen LogP contribution in [0.2, 0.25) is 5.02 Å². The van der Waals surface area contributed by atoms with Gasteiger partial charge in [-0.3, -0.25) is 0 Å². The van der Waals surface area contributed by atoms with Crippen LogP contribution in [-0.4, -0.2) is 17.7 Å². The van der Waals surface area contributed by atoms with Crippen LogP contribution in [-0.2, 0) is 13.2 Å². The summed E-state index contributed by atoms with van der Waals surface area (Å²) >= 11 is 9.66. The summed E-state index contributed by atoms with van der Waals surface area (Å²) < 4.78 is 25.7. The molecule has 0 saturated carbocycles. The highest BCUT2D eigenvalue weighted by Gasteiger charge is 2.13. The molecule has 0 aliphatic rings. The number of aryl methyl sites for hydroxylation is 1. The molecule has 3 aromatic rings. The third kappa shape index (κ3) is 5.93. The van der Waals surface area contributed by atoms with Crippen LogP contribution >= 0.6 is 27.5 Å². The first-order valence-corrected chi connectivity index (χ1v) is 11.0. The molecular weight excluding hydrogens is 501 g/mol. The highest BCUT2D eigenvalue weighted by molar-refractivity contribution is 9.10. The highest BCUT2D eigenvalue weighted by Crippen LogP contribution is 2.35. The van der Waals surface area contributed by atoms with Gasteiger partial charge in [0.15, 0.2) is 11.5 Å². The van der Waals surface area contributed by atoms with E-state index in [1.165, 1.54) is 12.1 Å². The average Bonchev–Trinajstić information content (AvgIpc) is 2.74. The van der Waals surface area contributed by atoms with E-state index in [4.69, 9.17) is 21.1 Å². The second-order valence-electron chi connectivity index (χ2n) is 7.04. The molecule has 0 unspecified atom stereocenters. The SMILES string of the molecule is CCOc1cc(CNc2cc(C(=O)O)ccc2C)c(Br)cc1OCc1ccc(F)cc1Cl. The van der Waals surface area contributed by atoms with Crippen molar-refractivity contribution in [2.24, 2.45) is 0 Å². The number of carboxylic acids is 1. The Bertz CT molecular complexity index is 1140. The molecule has 0 amide bonds. The number of hydrogen-bond donors (Lipinski definition) is 2. The van der Waals surface area contributed by atoms with E-state index in [1.807, 2.05) is 19.9 Å². The van der Waals surface area contributed by atoms with Crippen molar-refractivity contribution in [1.29, 1.82) is 0 Å². The zero-order valence-electron chi connectivity index (χ0n) is 17.5. The van der Waals surface area contributed by atoms with E-state index < -0.39 is 11.8 Å². The fourth-order valence-corrected chi connectivity index (χ4v) is 3.71. The fraction of sp³-hybridized carbons (Fsp3) is 0.208. The number of hydrogen-bond acceptors (Lipinski definition) is 4. The average molecular weight is 523 g/mol. The Morgan fingerprint density at radius 1 is 1.09 bits per heavy atom. The van der Waals surface area contributed by atoms with E-state index in [0.29, 0.717) is 35.2 Å². The number of carbonyl (C=O) groups is 1. The fourth-order valence-electron chi connectivity index (χ4n) is 3.02. The van der Waals surface area contributed by atoms with Gasteiger partial charge in [0.25, 0.3) is 0 Å². The van der Waals surface area contributed by atoms with Crippen molar-refractivity contribution in [3.8, 4) is 11.5 Å². The minimum Gasteiger partial charge on any atom is -0.490 e. The third-order valence-electron chi connectivity index (χ3n) is 4.76. The van der Waals surface area contributed by atoms with Crippen molar-refractivity contribution in [3.63, 3.8) is 0 Å². The van der Waals surface area contributed by atoms with Gasteiger partial charge < -0.3 is 19.9 Å². The predicted octanol–water partition coefficient (Wildman–Crippen LogP) is 6.84. The lowest BCUT2D eigenvalue weighted by Crippen LogP contribution is -2.06. The first-order chi connectivity index (χ1) is 15.3. The van der Waals surface area contributed by atoms with Gasteiger partial charge in [-0.2, -0.15) is 0 Å². The first kappa shape index (κ1) is 23.9. The van der Waals surface area contributed by atoms with E-state index >= 15 is 0 Å². The molecule has 0 aliphatic carbocycles. The minimum absolute atomic E-state index is 0.157. The van der Waals surface area contributed by atoms with Crippen LogP contribution in [0.3, 0.4) is 0 Å². The van der Waals surface area contributed by atoms with Crippen LogP contribution in [0.25, 0.3) is 0 Å². The first-order valence-electron chi connectivity index (χ1n) is 9.88. The normalized spacial score (nSPS) is 10.7. The Labute approximate surface area is 199 Å². The summed E-state index contributed by atoms with van der Waals surface area (Å²) in [6.45, 7) is 4.83. The van der Waals surface area contributed by atoms with Gasteiger partial charge in [-0.05, 0) is 61.4 Å². The molecule has 3 aromatic carbocycles. The van der Waals surface area contributed by atoms with Crippen LogP contribution in [0.15, 0.2) is 53.0 Å². The molecule has 0 bridgehead atoms. The Morgan fingerprint density at radius 2 is 1.84 bits per heavy atom. The molecule has 8 heteroatoms. The van der Waals surface area contributed by atoms with E-state index in [0.717, 1.165) is 21.3 Å². The highest BCUT2D eigenvalue weighted by atomic mass is 79.9. The molecule has 3 rings (SSSR count). The van der Waals surface area contributed by atoms with Crippen LogP contribution in [0, 0.1) is 12.7 Å². The number of halogens is 3. The van der Waals surface area contributed by atoms with Crippen molar-refractivity contribution < 1.29 is 23.8 Å². The summed E-state index contributed by atoms with van der Waals surface area (Å²) in [4.78, 5) is 11.3. The molecule has 0 heterocycles. The largest absolute Gasteiger partial charge is 0.490 e. The van der Waals surface area contributed by atoms with Gasteiger partial charge in [0.2, 0.25) is 0 Å². The van der Waals surface area contributed by atoms with Crippen LogP contribution in [0.1, 0.15) is 34.0 Å². The molecular formula is C24H22BrClFNO4. The number of benzene rings is 3. The second-order valence-corrected chi connectivity index (χ2v) is 8.30. The molecule has 168 valence electrons. The maximum Gasteiger partial charge on any atom is 0.335 e. The molecule has 0 fully saturated rings. The van der Waals surface area contributed by atoms with Crippen molar-refractivity contribution >= 4 is 39.2 Å². The van der Waals surface area contributed by atoms with Gasteiger partial charge in [-0.15, -0.1) is 0 Å². The lowest BCUT2D eigenvalue weighted by atomic mass is 10.1. The molecule has 5 nitrogen and oxygen atoms in total. The van der Waals surface area contributed by atoms with Gasteiger partial charge in [0.05, 0.1) is 17.2 Å². The topological polar surface area (TPSA) is 67.8 Å². The van der Waals surface area contributed by atoms with Gasteiger partial charge in [0, 0.05) is 22.3 Å². The summed E-state index contributed by atoms with van der Waals surface area (Å²) in [6.07, 6.45) is 0. The molecule has 32 heavy (non-hydrogen) atoms. The van der Waals surface area contributed by atoms with E-state index in [-0.39, 0.29) is 12.2 Å². The maximum absolute atomic E-state index is 13.3. The summed E-state index contributed by atoms with van der Waals surface area (Å²) in [5.74, 6) is -0.304. The number of rotatable bonds is 9. The van der Waals surface area contributed by atoms with Crippen molar-refractivity contribution in [3.05, 3.63) is 86.1 Å². The molecule has 0 aliphatic heterocycles. The monoisotopic (exact) mass is 521 g/mol. The third-order valence-corrected chi connectivity index (χ3v) is 5.85. The summed E-state index contributed by atoms with van der Waals surface area (Å²) in [7, 11) is 0. The molecule has 0 radical (unpaired) electrons. The summed E-state index contributed by atoms with van der Waals surface area (Å²) in [5.41, 5.74) is 3.45. The Morgan fingerprint density at radius 3 is 2.53 bits per heavy atom. The van der Waals surface area contributed by atoms with Gasteiger partial charge in [-0.1, -0.05) is 39.7 Å². The lowest BCUT2D eigenvalue weighted by molar-refractivity contribution is 0.0697. The predicted molar refractivity (Wildman–Crippen MR) is 127 cm³/mol.